The Morgan fingerprint density at radius 3 is 2.30 bits per heavy atom. The SMILES string of the molecule is Br.CC(C)(C)OC(=O)NCC(=O)N[C@@H](CCCN=C(N)N)C(=O)Nc1ccc([N+](=O)[O-])cc1. The standard InChI is InChI=1S/C19H29N7O6.BrH/c1-19(2,3)32-18(29)23-11-15(27)25-14(5-4-10-22-17(20)21)16(28)24-12-6-8-13(9-7-12)26(30)31;/h6-9,14H,4-5,10-11H2,1-3H3,(H,23,29)(H,24,28)(H,25,27)(H4,20,21,22);1H/t14-;/m0./s1. The average molecular weight is 532 g/mol. The molecule has 14 heteroatoms. The second kappa shape index (κ2) is 13.9. The van der Waals surface area contributed by atoms with E-state index in [1.165, 1.54) is 24.3 Å². The third kappa shape index (κ3) is 12.9. The van der Waals surface area contributed by atoms with Crippen LogP contribution in [0.15, 0.2) is 29.3 Å². The van der Waals surface area contributed by atoms with Crippen LogP contribution < -0.4 is 27.4 Å². The lowest BCUT2D eigenvalue weighted by molar-refractivity contribution is -0.384. The van der Waals surface area contributed by atoms with E-state index in [4.69, 9.17) is 16.2 Å². The Balaban J connectivity index is 0.0000102. The molecule has 0 heterocycles. The molecule has 0 spiro atoms. The lowest BCUT2D eigenvalue weighted by atomic mass is 10.1. The summed E-state index contributed by atoms with van der Waals surface area (Å²) in [4.78, 5) is 50.6. The number of hydrogen-bond donors (Lipinski definition) is 5. The van der Waals surface area contributed by atoms with Gasteiger partial charge in [-0.1, -0.05) is 0 Å². The van der Waals surface area contributed by atoms with Gasteiger partial charge in [0.15, 0.2) is 5.96 Å². The summed E-state index contributed by atoms with van der Waals surface area (Å²) in [6.45, 7) is 4.89. The van der Waals surface area contributed by atoms with Crippen LogP contribution in [0.2, 0.25) is 0 Å². The van der Waals surface area contributed by atoms with Crippen molar-refractivity contribution >= 4 is 52.2 Å². The number of nitrogens with zero attached hydrogens (tertiary/aromatic N) is 2. The number of rotatable bonds is 10. The highest BCUT2D eigenvalue weighted by Gasteiger charge is 2.22. The van der Waals surface area contributed by atoms with Gasteiger partial charge in [0, 0.05) is 24.4 Å². The largest absolute Gasteiger partial charge is 0.444 e. The van der Waals surface area contributed by atoms with E-state index in [2.05, 4.69) is 20.9 Å². The van der Waals surface area contributed by atoms with Crippen LogP contribution >= 0.6 is 17.0 Å². The van der Waals surface area contributed by atoms with Crippen molar-refractivity contribution in [3.8, 4) is 0 Å². The number of benzene rings is 1. The summed E-state index contributed by atoms with van der Waals surface area (Å²) in [5.41, 5.74) is 10.0. The lowest BCUT2D eigenvalue weighted by Gasteiger charge is -2.21. The molecule has 0 saturated heterocycles. The normalized spacial score (nSPS) is 11.2. The lowest BCUT2D eigenvalue weighted by Crippen LogP contribution is -2.48. The monoisotopic (exact) mass is 531 g/mol. The Morgan fingerprint density at radius 1 is 1.18 bits per heavy atom. The van der Waals surface area contributed by atoms with Gasteiger partial charge in [0.2, 0.25) is 11.8 Å². The summed E-state index contributed by atoms with van der Waals surface area (Å²) in [6.07, 6.45) is -0.184. The molecule has 184 valence electrons. The number of nitro groups is 1. The zero-order chi connectivity index (χ0) is 24.3. The van der Waals surface area contributed by atoms with Gasteiger partial charge in [-0.15, -0.1) is 17.0 Å². The van der Waals surface area contributed by atoms with Crippen molar-refractivity contribution in [1.29, 1.82) is 0 Å². The van der Waals surface area contributed by atoms with Crippen LogP contribution in [0.25, 0.3) is 0 Å². The molecule has 0 aromatic heterocycles. The van der Waals surface area contributed by atoms with E-state index in [9.17, 15) is 24.5 Å². The Hall–Kier alpha value is -3.42. The van der Waals surface area contributed by atoms with E-state index in [1.807, 2.05) is 0 Å². The van der Waals surface area contributed by atoms with Crippen LogP contribution in [0, 0.1) is 10.1 Å². The van der Waals surface area contributed by atoms with Crippen LogP contribution in [0.3, 0.4) is 0 Å². The van der Waals surface area contributed by atoms with Crippen LogP contribution in [0.5, 0.6) is 0 Å². The van der Waals surface area contributed by atoms with Gasteiger partial charge in [0.25, 0.3) is 5.69 Å². The number of halogens is 1. The molecule has 0 aliphatic rings. The smallest absolute Gasteiger partial charge is 0.408 e. The van der Waals surface area contributed by atoms with Gasteiger partial charge < -0.3 is 32.2 Å². The van der Waals surface area contributed by atoms with Crippen molar-refractivity contribution in [1.82, 2.24) is 10.6 Å². The number of ether oxygens (including phenoxy) is 1. The summed E-state index contributed by atoms with van der Waals surface area (Å²) in [7, 11) is 0. The maximum absolute atomic E-state index is 12.7. The summed E-state index contributed by atoms with van der Waals surface area (Å²) in [6, 6.07) is 4.27. The molecule has 0 aliphatic carbocycles. The number of anilines is 1. The van der Waals surface area contributed by atoms with E-state index in [0.29, 0.717) is 12.1 Å². The second-order valence-electron chi connectivity index (χ2n) is 7.72. The molecule has 0 radical (unpaired) electrons. The number of carbonyl (C=O) groups is 3. The second-order valence-corrected chi connectivity index (χ2v) is 7.72. The highest BCUT2D eigenvalue weighted by molar-refractivity contribution is 8.93. The fraction of sp³-hybridized carbons (Fsp3) is 0.474. The predicted octanol–water partition coefficient (Wildman–Crippen LogP) is 1.17. The van der Waals surface area contributed by atoms with Crippen molar-refractivity contribution in [2.45, 2.75) is 45.3 Å². The Kier molecular flexibility index (Phi) is 12.4. The number of non-ortho nitro benzene ring substituents is 1. The first-order valence-corrected chi connectivity index (χ1v) is 9.74. The molecule has 1 aromatic carbocycles. The molecule has 1 atom stereocenters. The molecule has 1 aromatic rings. The molecule has 33 heavy (non-hydrogen) atoms. The van der Waals surface area contributed by atoms with E-state index in [0.717, 1.165) is 0 Å². The molecule has 13 nitrogen and oxygen atoms in total. The van der Waals surface area contributed by atoms with Crippen LogP contribution in [-0.4, -0.2) is 53.5 Å². The van der Waals surface area contributed by atoms with E-state index in [1.54, 1.807) is 20.8 Å². The molecule has 0 fully saturated rings. The zero-order valence-corrected chi connectivity index (χ0v) is 20.3. The number of nitro benzene ring substituents is 1. The van der Waals surface area contributed by atoms with Crippen LogP contribution in [0.4, 0.5) is 16.2 Å². The third-order valence-corrected chi connectivity index (χ3v) is 3.73. The van der Waals surface area contributed by atoms with Gasteiger partial charge >= 0.3 is 6.09 Å². The molecule has 3 amide bonds. The molecule has 7 N–H and O–H groups in total. The maximum Gasteiger partial charge on any atom is 0.408 e. The van der Waals surface area contributed by atoms with Crippen molar-refractivity contribution in [2.75, 3.05) is 18.4 Å². The zero-order valence-electron chi connectivity index (χ0n) is 18.6. The predicted molar refractivity (Wildman–Crippen MR) is 128 cm³/mol. The summed E-state index contributed by atoms with van der Waals surface area (Å²) in [5.74, 6) is -1.25. The number of hydrogen-bond acceptors (Lipinski definition) is 7. The first kappa shape index (κ1) is 29.6. The van der Waals surface area contributed by atoms with Gasteiger partial charge in [0.1, 0.15) is 18.2 Å². The van der Waals surface area contributed by atoms with Crippen molar-refractivity contribution in [2.24, 2.45) is 16.5 Å². The van der Waals surface area contributed by atoms with Gasteiger partial charge in [-0.05, 0) is 45.7 Å². The highest BCUT2D eigenvalue weighted by Crippen LogP contribution is 2.16. The molecular formula is C19H30BrN7O6. The number of nitrogens with two attached hydrogens (primary N) is 2. The van der Waals surface area contributed by atoms with Gasteiger partial charge in [-0.3, -0.25) is 24.7 Å². The fourth-order valence-electron chi connectivity index (χ4n) is 2.38. The van der Waals surface area contributed by atoms with Crippen molar-refractivity contribution < 1.29 is 24.0 Å². The third-order valence-electron chi connectivity index (χ3n) is 3.73. The first-order valence-electron chi connectivity index (χ1n) is 9.74. The molecule has 0 unspecified atom stereocenters. The summed E-state index contributed by atoms with van der Waals surface area (Å²) >= 11 is 0. The van der Waals surface area contributed by atoms with E-state index >= 15 is 0 Å². The van der Waals surface area contributed by atoms with Gasteiger partial charge in [-0.2, -0.15) is 0 Å². The van der Waals surface area contributed by atoms with Crippen molar-refractivity contribution in [3.63, 3.8) is 0 Å². The minimum atomic E-state index is -0.965. The summed E-state index contributed by atoms with van der Waals surface area (Å²) in [5, 5.41) is 18.2. The van der Waals surface area contributed by atoms with E-state index < -0.39 is 41.0 Å². The topological polar surface area (TPSA) is 204 Å². The molecule has 1 rings (SSSR count). The first-order chi connectivity index (χ1) is 14.9. The fourth-order valence-corrected chi connectivity index (χ4v) is 2.38. The number of nitrogens with one attached hydrogen (secondary N) is 3. The highest BCUT2D eigenvalue weighted by atomic mass is 79.9. The summed E-state index contributed by atoms with van der Waals surface area (Å²) < 4.78 is 5.05. The van der Waals surface area contributed by atoms with Crippen LogP contribution in [0.1, 0.15) is 33.6 Å². The Bertz CT molecular complexity index is 851. The quantitative estimate of drug-likeness (QED) is 0.0970. The molecular weight excluding hydrogens is 502 g/mol. The maximum atomic E-state index is 12.7. The Labute approximate surface area is 201 Å². The molecule has 0 bridgehead atoms. The van der Waals surface area contributed by atoms with Gasteiger partial charge in [0.05, 0.1) is 4.92 Å². The van der Waals surface area contributed by atoms with E-state index in [-0.39, 0.29) is 41.6 Å². The van der Waals surface area contributed by atoms with Crippen molar-refractivity contribution in [3.05, 3.63) is 34.4 Å². The molecule has 0 aliphatic heterocycles. The van der Waals surface area contributed by atoms with Crippen LogP contribution in [-0.2, 0) is 14.3 Å². The Morgan fingerprint density at radius 2 is 1.79 bits per heavy atom. The minimum absolute atomic E-state index is 0. The number of carbonyl (C=O) groups excluding carboxylic acids is 3. The minimum Gasteiger partial charge on any atom is -0.444 e. The van der Waals surface area contributed by atoms with Gasteiger partial charge in [-0.25, -0.2) is 4.79 Å². The number of guanidine groups is 1. The number of alkyl carbamates (subject to hydrolysis) is 1. The number of aliphatic imine (C=N–C) groups is 1. The number of amides is 3. The average Bonchev–Trinajstić information content (AvgIpc) is 2.67. The molecule has 0 saturated carbocycles.